The quantitative estimate of drug-likeness (QED) is 0.400. The first kappa shape index (κ1) is 29.2. The minimum Gasteiger partial charge on any atom is -0.650 e. The van der Waals surface area contributed by atoms with Crippen molar-refractivity contribution < 1.29 is 42.7 Å². The number of carboxylic acid groups (broad SMARTS) is 1. The first-order valence-electron chi connectivity index (χ1n) is 10.2. The summed E-state index contributed by atoms with van der Waals surface area (Å²) in [5, 5.41) is 17.0. The molecular formula is C22H20ClFLiN5O5S. The van der Waals surface area contributed by atoms with Crippen molar-refractivity contribution >= 4 is 46.4 Å². The van der Waals surface area contributed by atoms with Gasteiger partial charge >= 0.3 is 18.9 Å². The van der Waals surface area contributed by atoms with E-state index in [0.29, 0.717) is 21.3 Å². The summed E-state index contributed by atoms with van der Waals surface area (Å²) in [5.41, 5.74) is -0.113. The molecule has 0 spiro atoms. The monoisotopic (exact) mass is 527 g/mol. The molecule has 1 aliphatic rings. The largest absolute Gasteiger partial charge is 1.00 e. The minimum absolute atomic E-state index is 0. The molecule has 3 aromatic rings. The molecule has 36 heavy (non-hydrogen) atoms. The zero-order valence-electron chi connectivity index (χ0n) is 19.3. The Hall–Kier alpha value is -3.01. The third-order valence-electron chi connectivity index (χ3n) is 4.70. The van der Waals surface area contributed by atoms with E-state index in [9.17, 15) is 18.8 Å². The van der Waals surface area contributed by atoms with Crippen LogP contribution in [-0.4, -0.2) is 51.1 Å². The Balaban J connectivity index is 0.000000850. The number of nitrogens with one attached hydrogen (secondary N) is 2. The van der Waals surface area contributed by atoms with E-state index >= 15 is 0 Å². The number of carbonyl (C=O) groups excluding carboxylic acids is 2. The third-order valence-corrected chi connectivity index (χ3v) is 5.93. The van der Waals surface area contributed by atoms with Gasteiger partial charge in [-0.2, -0.15) is 0 Å². The molecule has 0 saturated carbocycles. The maximum Gasteiger partial charge on any atom is 1.00 e. The van der Waals surface area contributed by atoms with Crippen LogP contribution in [-0.2, 0) is 9.59 Å². The second-order valence-electron chi connectivity index (χ2n) is 7.35. The van der Waals surface area contributed by atoms with Crippen molar-refractivity contribution in [3.05, 3.63) is 79.6 Å². The molecule has 0 aliphatic carbocycles. The molecule has 4 rings (SSSR count). The third kappa shape index (κ3) is 8.01. The van der Waals surface area contributed by atoms with Gasteiger partial charge in [-0.1, -0.05) is 17.6 Å². The molecule has 14 heteroatoms. The van der Waals surface area contributed by atoms with Gasteiger partial charge in [0.05, 0.1) is 26.8 Å². The minimum atomic E-state index is -0.833. The van der Waals surface area contributed by atoms with Crippen molar-refractivity contribution in [3.8, 4) is 5.69 Å². The van der Waals surface area contributed by atoms with E-state index in [0.717, 1.165) is 19.2 Å². The fourth-order valence-corrected chi connectivity index (χ4v) is 4.14. The van der Waals surface area contributed by atoms with Gasteiger partial charge in [0.25, 0.3) is 17.4 Å². The molecule has 2 aromatic heterocycles. The van der Waals surface area contributed by atoms with E-state index in [-0.39, 0.29) is 43.0 Å². The average Bonchev–Trinajstić information content (AvgIpc) is 3.44. The number of rotatable bonds is 5. The molecule has 2 atom stereocenters. The zero-order chi connectivity index (χ0) is 25.5. The normalized spacial score (nSPS) is 16.2. The summed E-state index contributed by atoms with van der Waals surface area (Å²) in [6, 6.07) is 6.31. The van der Waals surface area contributed by atoms with E-state index in [4.69, 9.17) is 21.5 Å². The first-order chi connectivity index (χ1) is 16.6. The maximum atomic E-state index is 14.5. The predicted octanol–water partition coefficient (Wildman–Crippen LogP) is 0.0645. The number of benzene rings is 1. The summed E-state index contributed by atoms with van der Waals surface area (Å²) in [4.78, 5) is 49.8. The van der Waals surface area contributed by atoms with Crippen molar-refractivity contribution in [2.45, 2.75) is 25.4 Å². The van der Waals surface area contributed by atoms with Gasteiger partial charge in [0.2, 0.25) is 5.91 Å². The number of thiophene rings is 1. The number of hydrogen-bond donors (Lipinski definition) is 3. The summed E-state index contributed by atoms with van der Waals surface area (Å²) in [7, 11) is 0. The number of halogens is 2. The molecule has 184 valence electrons. The Bertz CT molecular complexity index is 1300. The van der Waals surface area contributed by atoms with Gasteiger partial charge in [-0.3, -0.25) is 28.7 Å². The van der Waals surface area contributed by atoms with Crippen molar-refractivity contribution in [2.75, 3.05) is 11.9 Å². The standard InChI is InChI=1S/C20H16ClFN5O3S.C2H4O2.Li/c21-17-4-3-16(31-17)20(30)25-11-7-15(24-9-11)19(29)26-14-2-1-12(8-13(14)22)27-6-5-23-10-18(27)28;1-2(3)4;/h1-6,8,10-11,15H,7,9H2,(H,25,30)(H,26,29);1H3,(H,3,4);/q-1;;+1/t11-,15-;;/m0../s1. The molecule has 1 saturated heterocycles. The number of nitrogens with zero attached hydrogens (tertiary/aromatic N) is 3. The van der Waals surface area contributed by atoms with Crippen LogP contribution in [0.1, 0.15) is 23.0 Å². The Morgan fingerprint density at radius 2 is 2.00 bits per heavy atom. The van der Waals surface area contributed by atoms with E-state index in [2.05, 4.69) is 20.9 Å². The van der Waals surface area contributed by atoms with Crippen LogP contribution in [0.2, 0.25) is 4.34 Å². The second kappa shape index (κ2) is 13.3. The molecule has 0 unspecified atom stereocenters. The van der Waals surface area contributed by atoms with Crippen molar-refractivity contribution in [2.24, 2.45) is 0 Å². The van der Waals surface area contributed by atoms with Gasteiger partial charge in [0.1, 0.15) is 5.82 Å². The molecule has 1 aliphatic heterocycles. The number of amides is 2. The van der Waals surface area contributed by atoms with E-state index in [1.165, 1.54) is 40.4 Å². The van der Waals surface area contributed by atoms with Crippen molar-refractivity contribution in [3.63, 3.8) is 0 Å². The summed E-state index contributed by atoms with van der Waals surface area (Å²) < 4.78 is 16.3. The fourth-order valence-electron chi connectivity index (χ4n) is 3.19. The van der Waals surface area contributed by atoms with Gasteiger partial charge in [0.15, 0.2) is 0 Å². The molecule has 1 fully saturated rings. The predicted molar refractivity (Wildman–Crippen MR) is 129 cm³/mol. The number of hydrogen-bond acceptors (Lipinski definition) is 6. The zero-order valence-corrected chi connectivity index (χ0v) is 20.8. The maximum absolute atomic E-state index is 14.5. The molecule has 1 aromatic carbocycles. The Labute approximate surface area is 226 Å². The second-order valence-corrected chi connectivity index (χ2v) is 9.06. The van der Waals surface area contributed by atoms with Crippen molar-refractivity contribution in [1.29, 1.82) is 0 Å². The Morgan fingerprint density at radius 1 is 1.28 bits per heavy atom. The van der Waals surface area contributed by atoms with Crippen LogP contribution in [0.15, 0.2) is 53.7 Å². The summed E-state index contributed by atoms with van der Waals surface area (Å²) in [5.74, 6) is -2.26. The van der Waals surface area contributed by atoms with Gasteiger partial charge in [-0.05, 0) is 30.7 Å². The average molecular weight is 528 g/mol. The first-order valence-corrected chi connectivity index (χ1v) is 11.4. The Kier molecular flexibility index (Phi) is 10.8. The smallest absolute Gasteiger partial charge is 0.650 e. The molecule has 3 N–H and O–H groups in total. The van der Waals surface area contributed by atoms with Crippen LogP contribution in [0, 0.1) is 5.82 Å². The van der Waals surface area contributed by atoms with Crippen LogP contribution in [0.3, 0.4) is 0 Å². The van der Waals surface area contributed by atoms with E-state index in [1.54, 1.807) is 12.1 Å². The van der Waals surface area contributed by atoms with E-state index in [1.807, 2.05) is 0 Å². The topological polar surface area (TPSA) is 144 Å². The molecule has 10 nitrogen and oxygen atoms in total. The fraction of sp³-hybridized carbons (Fsp3) is 0.227. The summed E-state index contributed by atoms with van der Waals surface area (Å²) in [6.07, 6.45) is 4.27. The van der Waals surface area contributed by atoms with Gasteiger partial charge in [-0.15, -0.1) is 17.9 Å². The van der Waals surface area contributed by atoms with Crippen molar-refractivity contribution in [1.82, 2.24) is 14.9 Å². The Morgan fingerprint density at radius 3 is 2.61 bits per heavy atom. The van der Waals surface area contributed by atoms with Crippen LogP contribution >= 0.6 is 22.9 Å². The van der Waals surface area contributed by atoms with Crippen LogP contribution in [0.5, 0.6) is 0 Å². The molecule has 3 heterocycles. The number of aliphatic carboxylic acids is 1. The molecule has 0 bridgehead atoms. The number of carboxylic acids is 1. The van der Waals surface area contributed by atoms with Crippen LogP contribution in [0.25, 0.3) is 11.0 Å². The SMILES string of the molecule is CC(=O)O.O=C(N[C@@H]1C[N-][C@H](C(=O)Nc2ccc(-n3ccncc3=O)cc2F)C1)c1ccc(Cl)s1.[Li+]. The van der Waals surface area contributed by atoms with Gasteiger partial charge in [0, 0.05) is 31.4 Å². The van der Waals surface area contributed by atoms with Crippen LogP contribution < -0.4 is 35.1 Å². The summed E-state index contributed by atoms with van der Waals surface area (Å²) >= 11 is 7.01. The summed E-state index contributed by atoms with van der Waals surface area (Å²) in [6.45, 7) is 1.37. The number of anilines is 1. The molecule has 0 radical (unpaired) electrons. The number of carbonyl (C=O) groups is 3. The molecule has 2 amide bonds. The molecular weight excluding hydrogens is 508 g/mol. The van der Waals surface area contributed by atoms with Gasteiger partial charge < -0.3 is 21.1 Å². The number of aromatic nitrogens is 2. The van der Waals surface area contributed by atoms with Gasteiger partial charge in [-0.25, -0.2) is 4.39 Å². The van der Waals surface area contributed by atoms with E-state index < -0.39 is 29.3 Å². The van der Waals surface area contributed by atoms with Crippen LogP contribution in [0.4, 0.5) is 10.1 Å².